The van der Waals surface area contributed by atoms with Gasteiger partial charge in [-0.2, -0.15) is 27.0 Å². The molecular weight excluding hydrogens is 388 g/mol. The summed E-state index contributed by atoms with van der Waals surface area (Å²) in [6.45, 7) is 4.70. The highest BCUT2D eigenvalue weighted by molar-refractivity contribution is 7.59. The highest BCUT2D eigenvalue weighted by Gasteiger charge is 2.46. The second-order valence-corrected chi connectivity index (χ2v) is 8.15. The summed E-state index contributed by atoms with van der Waals surface area (Å²) < 4.78 is 6.08. The maximum absolute atomic E-state index is 13.3. The van der Waals surface area contributed by atoms with E-state index in [0.717, 1.165) is 37.7 Å². The van der Waals surface area contributed by atoms with Crippen LogP contribution in [0.25, 0.3) is 0 Å². The van der Waals surface area contributed by atoms with Gasteiger partial charge in [0.25, 0.3) is 0 Å². The third-order valence-corrected chi connectivity index (χ3v) is 5.83. The van der Waals surface area contributed by atoms with Gasteiger partial charge in [0.2, 0.25) is 0 Å². The molecule has 1 unspecified atom stereocenters. The second-order valence-electron chi connectivity index (χ2n) is 8.15. The summed E-state index contributed by atoms with van der Waals surface area (Å²) >= 11 is 0. The Morgan fingerprint density at radius 3 is 2.43 bits per heavy atom. The molecule has 1 aromatic rings. The van der Waals surface area contributed by atoms with E-state index in [1.54, 1.807) is 0 Å². The number of fused-ring (bicyclic) bond motifs is 1. The van der Waals surface area contributed by atoms with E-state index in [-0.39, 0.29) is 52.0 Å². The molecule has 160 valence electrons. The maximum atomic E-state index is 13.3. The van der Waals surface area contributed by atoms with Gasteiger partial charge in [-0.3, -0.25) is 9.59 Å². The van der Waals surface area contributed by atoms with Crippen molar-refractivity contribution in [2.75, 3.05) is 0 Å². The molecule has 2 aliphatic rings. The molecule has 0 radical (unpaired) electrons. The van der Waals surface area contributed by atoms with Crippen LogP contribution in [0.5, 0.6) is 0 Å². The first-order valence-corrected chi connectivity index (χ1v) is 9.78. The lowest BCUT2D eigenvalue weighted by atomic mass is 9.70. The zero-order chi connectivity index (χ0) is 17.8. The van der Waals surface area contributed by atoms with Gasteiger partial charge in [-0.05, 0) is 43.1 Å². The fourth-order valence-electron chi connectivity index (χ4n) is 4.62. The zero-order valence-corrected chi connectivity index (χ0v) is 18.4. The summed E-state index contributed by atoms with van der Waals surface area (Å²) in [5.41, 5.74) is 1.09. The topological polar surface area (TPSA) is 43.4 Å². The highest BCUT2D eigenvalue weighted by atomic mass is 32.1. The standard InChI is InChI=1S/C22H30O3.CH4.2H2S/c1-15(2)13-20(25-14-16-7-4-3-5-8-16)22(24)18-10-6-9-17-11-12-19(23)21(17)18;;;/h3-5,7-8,15,17-18,20-21H,6,9-14H2,1-2H3;1H4;2*1H2/t17-,18?,20-,21+;;;/m0.../s1. The van der Waals surface area contributed by atoms with E-state index in [0.29, 0.717) is 30.6 Å². The molecule has 1 aromatic carbocycles. The van der Waals surface area contributed by atoms with Gasteiger partial charge in [-0.1, -0.05) is 58.0 Å². The number of carbonyl (C=O) groups is 2. The first-order chi connectivity index (χ1) is 12.1. The third-order valence-electron chi connectivity index (χ3n) is 5.83. The Morgan fingerprint density at radius 2 is 1.79 bits per heavy atom. The van der Waals surface area contributed by atoms with Crippen LogP contribution in [0.1, 0.15) is 65.4 Å². The number of benzene rings is 1. The maximum Gasteiger partial charge on any atom is 0.165 e. The number of hydrogen-bond donors (Lipinski definition) is 0. The molecule has 0 bridgehead atoms. The van der Waals surface area contributed by atoms with Crippen molar-refractivity contribution in [3.05, 3.63) is 35.9 Å². The molecule has 2 fully saturated rings. The summed E-state index contributed by atoms with van der Waals surface area (Å²) in [7, 11) is 0. The summed E-state index contributed by atoms with van der Waals surface area (Å²) in [5.74, 6) is 1.17. The molecule has 0 aliphatic heterocycles. The van der Waals surface area contributed by atoms with Gasteiger partial charge >= 0.3 is 0 Å². The van der Waals surface area contributed by atoms with Gasteiger partial charge in [0.05, 0.1) is 6.61 Å². The Kier molecular flexibility index (Phi) is 12.4. The van der Waals surface area contributed by atoms with E-state index < -0.39 is 6.10 Å². The van der Waals surface area contributed by atoms with Crippen molar-refractivity contribution >= 4 is 38.6 Å². The molecule has 0 heterocycles. The van der Waals surface area contributed by atoms with Gasteiger partial charge in [0, 0.05) is 18.3 Å². The van der Waals surface area contributed by atoms with Crippen molar-refractivity contribution in [2.45, 2.75) is 72.5 Å². The quantitative estimate of drug-likeness (QED) is 0.583. The predicted molar refractivity (Wildman–Crippen MR) is 126 cm³/mol. The van der Waals surface area contributed by atoms with Gasteiger partial charge in [0.15, 0.2) is 5.78 Å². The van der Waals surface area contributed by atoms with Crippen LogP contribution in [0.2, 0.25) is 0 Å². The van der Waals surface area contributed by atoms with Gasteiger partial charge in [0.1, 0.15) is 11.9 Å². The van der Waals surface area contributed by atoms with Crippen LogP contribution in [0.3, 0.4) is 0 Å². The third kappa shape index (κ3) is 6.64. The first kappa shape index (κ1) is 27.2. The predicted octanol–water partition coefficient (Wildman–Crippen LogP) is 5.44. The Morgan fingerprint density at radius 1 is 1.11 bits per heavy atom. The summed E-state index contributed by atoms with van der Waals surface area (Å²) in [6, 6.07) is 10.00. The van der Waals surface area contributed by atoms with E-state index in [1.807, 2.05) is 30.3 Å². The molecule has 5 heteroatoms. The molecule has 28 heavy (non-hydrogen) atoms. The number of carbonyl (C=O) groups excluding carboxylic acids is 2. The Labute approximate surface area is 184 Å². The van der Waals surface area contributed by atoms with E-state index in [4.69, 9.17) is 4.74 Å². The number of ketones is 2. The van der Waals surface area contributed by atoms with Crippen molar-refractivity contribution in [1.29, 1.82) is 0 Å². The van der Waals surface area contributed by atoms with E-state index in [9.17, 15) is 9.59 Å². The molecule has 3 rings (SSSR count). The smallest absolute Gasteiger partial charge is 0.165 e. The minimum absolute atomic E-state index is 0. The Hall–Kier alpha value is -0.780. The number of Topliss-reactive ketones (excluding diaryl/α,β-unsaturated/α-hetero) is 2. The Balaban J connectivity index is 0.00000243. The largest absolute Gasteiger partial charge is 0.366 e. The van der Waals surface area contributed by atoms with Crippen molar-refractivity contribution in [3.8, 4) is 0 Å². The van der Waals surface area contributed by atoms with Crippen LogP contribution < -0.4 is 0 Å². The summed E-state index contributed by atoms with van der Waals surface area (Å²) in [5, 5.41) is 0. The number of hydrogen-bond acceptors (Lipinski definition) is 3. The zero-order valence-electron chi connectivity index (χ0n) is 16.4. The van der Waals surface area contributed by atoms with Crippen LogP contribution in [0.4, 0.5) is 0 Å². The molecule has 0 spiro atoms. The van der Waals surface area contributed by atoms with Crippen molar-refractivity contribution in [3.63, 3.8) is 0 Å². The monoisotopic (exact) mass is 426 g/mol. The van der Waals surface area contributed by atoms with Crippen LogP contribution in [-0.4, -0.2) is 17.7 Å². The number of ether oxygens (including phenoxy) is 1. The number of rotatable bonds is 7. The highest BCUT2D eigenvalue weighted by Crippen LogP contribution is 2.44. The molecule has 2 saturated carbocycles. The van der Waals surface area contributed by atoms with E-state index in [2.05, 4.69) is 13.8 Å². The average Bonchev–Trinajstić information content (AvgIpc) is 3.00. The molecule has 4 atom stereocenters. The van der Waals surface area contributed by atoms with Crippen molar-refractivity contribution in [1.82, 2.24) is 0 Å². The van der Waals surface area contributed by atoms with Crippen LogP contribution in [0, 0.1) is 23.7 Å². The Bertz CT molecular complexity index is 603. The molecular formula is C23H38O3S2. The molecule has 3 nitrogen and oxygen atoms in total. The van der Waals surface area contributed by atoms with Gasteiger partial charge in [-0.25, -0.2) is 0 Å². The van der Waals surface area contributed by atoms with Crippen molar-refractivity contribution < 1.29 is 14.3 Å². The molecule has 0 aromatic heterocycles. The second kappa shape index (κ2) is 12.7. The lowest BCUT2D eigenvalue weighted by molar-refractivity contribution is -0.143. The van der Waals surface area contributed by atoms with Crippen LogP contribution in [-0.2, 0) is 20.9 Å². The van der Waals surface area contributed by atoms with E-state index in [1.165, 1.54) is 0 Å². The fourth-order valence-corrected chi connectivity index (χ4v) is 4.62. The van der Waals surface area contributed by atoms with E-state index >= 15 is 0 Å². The molecule has 2 aliphatic carbocycles. The summed E-state index contributed by atoms with van der Waals surface area (Å²) in [6.07, 6.45) is 5.02. The minimum Gasteiger partial charge on any atom is -0.366 e. The normalized spacial score (nSPS) is 24.4. The van der Waals surface area contributed by atoms with Crippen LogP contribution >= 0.6 is 27.0 Å². The summed E-state index contributed by atoms with van der Waals surface area (Å²) in [4.78, 5) is 25.6. The molecule has 0 amide bonds. The lowest BCUT2D eigenvalue weighted by Crippen LogP contribution is -2.40. The van der Waals surface area contributed by atoms with Crippen LogP contribution in [0.15, 0.2) is 30.3 Å². The molecule has 0 N–H and O–H groups in total. The SMILES string of the molecule is C.CC(C)C[C@H](OCc1ccccc1)C(=O)C1CCC[C@H]2CCC(=O)[C@@H]12.S.S. The first-order valence-electron chi connectivity index (χ1n) is 9.78. The molecule has 0 saturated heterocycles. The average molecular weight is 427 g/mol. The lowest BCUT2D eigenvalue weighted by Gasteiger charge is -2.34. The van der Waals surface area contributed by atoms with Gasteiger partial charge in [-0.15, -0.1) is 0 Å². The van der Waals surface area contributed by atoms with Gasteiger partial charge < -0.3 is 4.74 Å². The fraction of sp³-hybridized carbons (Fsp3) is 0.652. The minimum atomic E-state index is -0.391. The van der Waals surface area contributed by atoms with Crippen molar-refractivity contribution in [2.24, 2.45) is 23.7 Å².